The van der Waals surface area contributed by atoms with Crippen molar-refractivity contribution >= 4 is 5.78 Å². The Morgan fingerprint density at radius 1 is 1.06 bits per heavy atom. The number of hydrogen-bond acceptors (Lipinski definition) is 1. The van der Waals surface area contributed by atoms with Crippen LogP contribution >= 0.6 is 0 Å². The molecule has 0 amide bonds. The first-order chi connectivity index (χ1) is 8.75. The molecular weight excluding hydrogens is 227 g/mol. The minimum atomic E-state index is -0.186. The van der Waals surface area contributed by atoms with Crippen LogP contribution in [-0.4, -0.2) is 5.78 Å². The number of hydrogen-bond donors (Lipinski definition) is 0. The number of Topliss-reactive ketones (excluding diaryl/α,β-unsaturated/α-hetero) is 1. The molecule has 0 spiro atoms. The van der Waals surface area contributed by atoms with Crippen LogP contribution in [0.5, 0.6) is 0 Å². The van der Waals surface area contributed by atoms with Gasteiger partial charge in [0.1, 0.15) is 5.82 Å². The minimum Gasteiger partial charge on any atom is -0.294 e. The van der Waals surface area contributed by atoms with Crippen LogP contribution in [0.1, 0.15) is 33.8 Å². The fourth-order valence-corrected chi connectivity index (χ4v) is 2.66. The summed E-state index contributed by atoms with van der Waals surface area (Å²) in [5.74, 6) is 0.104. The molecular formula is C16H13FO. The van der Waals surface area contributed by atoms with Gasteiger partial charge in [-0.2, -0.15) is 0 Å². The summed E-state index contributed by atoms with van der Waals surface area (Å²) in [4.78, 5) is 11.9. The summed E-state index contributed by atoms with van der Waals surface area (Å²) in [6.07, 6.45) is 1.09. The molecule has 0 fully saturated rings. The van der Waals surface area contributed by atoms with Gasteiger partial charge in [-0.15, -0.1) is 0 Å². The van der Waals surface area contributed by atoms with E-state index < -0.39 is 0 Å². The van der Waals surface area contributed by atoms with Crippen molar-refractivity contribution in [3.8, 4) is 0 Å². The largest absolute Gasteiger partial charge is 0.294 e. The normalized spacial score (nSPS) is 17.8. The monoisotopic (exact) mass is 240 g/mol. The summed E-state index contributed by atoms with van der Waals surface area (Å²) >= 11 is 0. The van der Waals surface area contributed by atoms with Gasteiger partial charge >= 0.3 is 0 Å². The van der Waals surface area contributed by atoms with Crippen molar-refractivity contribution in [1.82, 2.24) is 0 Å². The van der Waals surface area contributed by atoms with E-state index >= 15 is 0 Å². The summed E-state index contributed by atoms with van der Waals surface area (Å²) in [6.45, 7) is 0. The van der Waals surface area contributed by atoms with E-state index in [9.17, 15) is 9.18 Å². The van der Waals surface area contributed by atoms with Crippen LogP contribution in [0.3, 0.4) is 0 Å². The molecule has 90 valence electrons. The van der Waals surface area contributed by atoms with Gasteiger partial charge in [-0.05, 0) is 29.5 Å². The van der Waals surface area contributed by atoms with E-state index in [-0.39, 0.29) is 17.5 Å². The van der Waals surface area contributed by atoms with Gasteiger partial charge in [0.25, 0.3) is 0 Å². The van der Waals surface area contributed by atoms with E-state index in [4.69, 9.17) is 0 Å². The molecule has 0 aromatic heterocycles. The van der Waals surface area contributed by atoms with Crippen molar-refractivity contribution in [2.45, 2.75) is 18.8 Å². The van der Waals surface area contributed by atoms with Gasteiger partial charge in [0, 0.05) is 12.0 Å². The molecule has 0 radical (unpaired) electrons. The zero-order valence-corrected chi connectivity index (χ0v) is 9.90. The van der Waals surface area contributed by atoms with E-state index in [0.29, 0.717) is 18.4 Å². The van der Waals surface area contributed by atoms with E-state index in [1.807, 2.05) is 30.3 Å². The Kier molecular flexibility index (Phi) is 2.71. The molecule has 0 aliphatic heterocycles. The highest BCUT2D eigenvalue weighted by Gasteiger charge is 2.29. The van der Waals surface area contributed by atoms with Crippen LogP contribution in [0.2, 0.25) is 0 Å². The zero-order chi connectivity index (χ0) is 12.5. The van der Waals surface area contributed by atoms with Crippen LogP contribution in [-0.2, 0) is 6.42 Å². The van der Waals surface area contributed by atoms with Crippen LogP contribution in [0.25, 0.3) is 0 Å². The van der Waals surface area contributed by atoms with Crippen molar-refractivity contribution in [1.29, 1.82) is 0 Å². The molecule has 1 unspecified atom stereocenters. The molecule has 2 aromatic rings. The molecule has 0 saturated carbocycles. The van der Waals surface area contributed by atoms with Crippen molar-refractivity contribution < 1.29 is 9.18 Å². The predicted octanol–water partition coefficient (Wildman–Crippen LogP) is 3.74. The van der Waals surface area contributed by atoms with Crippen molar-refractivity contribution in [3.63, 3.8) is 0 Å². The lowest BCUT2D eigenvalue weighted by Gasteiger charge is -2.11. The second-order valence-corrected chi connectivity index (χ2v) is 4.71. The maximum atomic E-state index is 13.6. The van der Waals surface area contributed by atoms with E-state index in [1.54, 1.807) is 12.1 Å². The molecule has 2 heteroatoms. The van der Waals surface area contributed by atoms with Gasteiger partial charge in [-0.3, -0.25) is 4.79 Å². The lowest BCUT2D eigenvalue weighted by atomic mass is 9.93. The third kappa shape index (κ3) is 1.84. The van der Waals surface area contributed by atoms with E-state index in [0.717, 1.165) is 11.1 Å². The van der Waals surface area contributed by atoms with Crippen LogP contribution < -0.4 is 0 Å². The molecule has 0 saturated heterocycles. The first-order valence-corrected chi connectivity index (χ1v) is 6.11. The maximum absolute atomic E-state index is 13.6. The second-order valence-electron chi connectivity index (χ2n) is 4.71. The standard InChI is InChI=1S/C16H13FO/c17-15-8-4-1-5-11(15)9-12-10-16(18)14-7-3-2-6-13(12)14/h1-8,12H,9-10H2. The minimum absolute atomic E-state index is 0.116. The van der Waals surface area contributed by atoms with Crippen LogP contribution in [0, 0.1) is 5.82 Å². The van der Waals surface area contributed by atoms with E-state index in [2.05, 4.69) is 0 Å². The van der Waals surface area contributed by atoms with Gasteiger partial charge in [0.05, 0.1) is 0 Å². The Balaban J connectivity index is 1.92. The molecule has 1 atom stereocenters. The fraction of sp³-hybridized carbons (Fsp3) is 0.188. The lowest BCUT2D eigenvalue weighted by Crippen LogP contribution is -2.01. The predicted molar refractivity (Wildman–Crippen MR) is 68.2 cm³/mol. The van der Waals surface area contributed by atoms with Crippen molar-refractivity contribution in [2.75, 3.05) is 0 Å². The molecule has 0 bridgehead atoms. The number of fused-ring (bicyclic) bond motifs is 1. The summed E-state index contributed by atoms with van der Waals surface area (Å²) < 4.78 is 13.6. The average molecular weight is 240 g/mol. The average Bonchev–Trinajstić information content (AvgIpc) is 2.70. The molecule has 2 aromatic carbocycles. The Hall–Kier alpha value is -1.96. The van der Waals surface area contributed by atoms with Gasteiger partial charge in [-0.25, -0.2) is 4.39 Å². The van der Waals surface area contributed by atoms with Gasteiger partial charge in [0.15, 0.2) is 5.78 Å². The number of rotatable bonds is 2. The number of carbonyl (C=O) groups is 1. The third-order valence-corrected chi connectivity index (χ3v) is 3.56. The fourth-order valence-electron chi connectivity index (χ4n) is 2.66. The molecule has 1 aliphatic rings. The maximum Gasteiger partial charge on any atom is 0.163 e. The number of carbonyl (C=O) groups excluding carboxylic acids is 1. The first-order valence-electron chi connectivity index (χ1n) is 6.11. The first kappa shape index (κ1) is 11.1. The van der Waals surface area contributed by atoms with Crippen LogP contribution in [0.15, 0.2) is 48.5 Å². The quantitative estimate of drug-likeness (QED) is 0.781. The molecule has 0 N–H and O–H groups in total. The SMILES string of the molecule is O=C1CC(Cc2ccccc2F)c2ccccc21. The highest BCUT2D eigenvalue weighted by atomic mass is 19.1. The van der Waals surface area contributed by atoms with Crippen LogP contribution in [0.4, 0.5) is 4.39 Å². The molecule has 0 heterocycles. The lowest BCUT2D eigenvalue weighted by molar-refractivity contribution is 0.0988. The highest BCUT2D eigenvalue weighted by Crippen LogP contribution is 2.35. The number of benzene rings is 2. The molecule has 1 nitrogen and oxygen atoms in total. The van der Waals surface area contributed by atoms with Crippen molar-refractivity contribution in [2.24, 2.45) is 0 Å². The summed E-state index contributed by atoms with van der Waals surface area (Å²) in [5, 5.41) is 0. The van der Waals surface area contributed by atoms with Gasteiger partial charge in [0.2, 0.25) is 0 Å². The number of ketones is 1. The van der Waals surface area contributed by atoms with Gasteiger partial charge < -0.3 is 0 Å². The Morgan fingerprint density at radius 2 is 1.78 bits per heavy atom. The Morgan fingerprint density at radius 3 is 2.61 bits per heavy atom. The Bertz CT molecular complexity index is 604. The zero-order valence-electron chi connectivity index (χ0n) is 9.90. The summed E-state index contributed by atoms with van der Waals surface area (Å²) in [6, 6.07) is 14.4. The summed E-state index contributed by atoms with van der Waals surface area (Å²) in [5.41, 5.74) is 2.55. The smallest absolute Gasteiger partial charge is 0.163 e. The molecule has 1 aliphatic carbocycles. The van der Waals surface area contributed by atoms with Crippen molar-refractivity contribution in [3.05, 3.63) is 71.0 Å². The molecule has 18 heavy (non-hydrogen) atoms. The highest BCUT2D eigenvalue weighted by molar-refractivity contribution is 6.01. The molecule has 3 rings (SSSR count). The van der Waals surface area contributed by atoms with E-state index in [1.165, 1.54) is 6.07 Å². The third-order valence-electron chi connectivity index (χ3n) is 3.56. The number of halogens is 1. The van der Waals surface area contributed by atoms with Gasteiger partial charge in [-0.1, -0.05) is 42.5 Å². The summed E-state index contributed by atoms with van der Waals surface area (Å²) in [7, 11) is 0. The topological polar surface area (TPSA) is 17.1 Å². The second kappa shape index (κ2) is 4.37. The Labute approximate surface area is 105 Å².